The van der Waals surface area contributed by atoms with Crippen LogP contribution in [0.2, 0.25) is 15.1 Å². The number of nitrogens with one attached hydrogen (secondary N) is 1. The molecule has 0 fully saturated rings. The number of hydrogen-bond acceptors (Lipinski definition) is 4. The maximum absolute atomic E-state index is 13.7. The second kappa shape index (κ2) is 12.0. The molecule has 36 heavy (non-hydrogen) atoms. The Hall–Kier alpha value is -2.78. The van der Waals surface area contributed by atoms with Crippen LogP contribution in [0.3, 0.4) is 0 Å². The molecule has 0 radical (unpaired) electrons. The van der Waals surface area contributed by atoms with E-state index in [1.54, 1.807) is 37.3 Å². The third kappa shape index (κ3) is 6.50. The van der Waals surface area contributed by atoms with Gasteiger partial charge in [0.1, 0.15) is 12.6 Å². The van der Waals surface area contributed by atoms with E-state index >= 15 is 0 Å². The number of benzene rings is 3. The zero-order chi connectivity index (χ0) is 26.5. The lowest BCUT2D eigenvalue weighted by atomic mass is 10.1. The number of sulfonamides is 1. The van der Waals surface area contributed by atoms with Gasteiger partial charge in [-0.2, -0.15) is 0 Å². The molecule has 0 aromatic heterocycles. The summed E-state index contributed by atoms with van der Waals surface area (Å²) in [7, 11) is -2.68. The highest BCUT2D eigenvalue weighted by Gasteiger charge is 2.32. The summed E-state index contributed by atoms with van der Waals surface area (Å²) in [5.41, 5.74) is 0.794. The van der Waals surface area contributed by atoms with Crippen LogP contribution in [0, 0.1) is 0 Å². The second-order valence-corrected chi connectivity index (χ2v) is 11.0. The number of amides is 2. The van der Waals surface area contributed by atoms with Crippen molar-refractivity contribution in [3.05, 3.63) is 93.4 Å². The molecule has 3 aromatic rings. The monoisotopic (exact) mass is 567 g/mol. The summed E-state index contributed by atoms with van der Waals surface area (Å²) in [6.07, 6.45) is 0. The van der Waals surface area contributed by atoms with Crippen LogP contribution in [-0.2, 0) is 26.2 Å². The topological polar surface area (TPSA) is 86.8 Å². The van der Waals surface area contributed by atoms with E-state index in [1.807, 2.05) is 0 Å². The number of rotatable bonds is 9. The zero-order valence-corrected chi connectivity index (χ0v) is 22.6. The van der Waals surface area contributed by atoms with Crippen molar-refractivity contribution in [3.63, 3.8) is 0 Å². The summed E-state index contributed by atoms with van der Waals surface area (Å²) >= 11 is 18.3. The standard InChI is InChI=1S/C25H24Cl3N3O4S/c1-17(25(33)29-2)30(15-18-8-9-20(27)14-23(18)28)24(32)16-31(21-12-10-19(26)11-13-21)36(34,35)22-6-4-3-5-7-22/h3-14,17H,15-16H2,1-2H3,(H,29,33)/t17-/m0/s1. The van der Waals surface area contributed by atoms with Crippen molar-refractivity contribution in [1.82, 2.24) is 10.2 Å². The average molecular weight is 569 g/mol. The minimum absolute atomic E-state index is 0.0133. The largest absolute Gasteiger partial charge is 0.357 e. The van der Waals surface area contributed by atoms with E-state index in [0.717, 1.165) is 4.31 Å². The summed E-state index contributed by atoms with van der Waals surface area (Å²) < 4.78 is 28.2. The van der Waals surface area contributed by atoms with Crippen molar-refractivity contribution in [2.45, 2.75) is 24.4 Å². The van der Waals surface area contributed by atoms with E-state index in [9.17, 15) is 18.0 Å². The molecule has 3 aromatic carbocycles. The molecule has 11 heteroatoms. The third-order valence-electron chi connectivity index (χ3n) is 5.49. The Balaban J connectivity index is 2.03. The molecule has 0 aliphatic carbocycles. The first kappa shape index (κ1) is 27.8. The Morgan fingerprint density at radius 2 is 1.53 bits per heavy atom. The highest BCUT2D eigenvalue weighted by Crippen LogP contribution is 2.27. The van der Waals surface area contributed by atoms with Crippen LogP contribution in [0.5, 0.6) is 0 Å². The smallest absolute Gasteiger partial charge is 0.264 e. The quantitative estimate of drug-likeness (QED) is 0.393. The SMILES string of the molecule is CNC(=O)[C@H](C)N(Cc1ccc(Cl)cc1Cl)C(=O)CN(c1ccc(Cl)cc1)S(=O)(=O)c1ccccc1. The Kier molecular flexibility index (Phi) is 9.24. The first-order valence-electron chi connectivity index (χ1n) is 10.8. The van der Waals surface area contributed by atoms with Crippen LogP contribution in [0.15, 0.2) is 77.7 Å². The lowest BCUT2D eigenvalue weighted by Gasteiger charge is -2.32. The van der Waals surface area contributed by atoms with Gasteiger partial charge in [-0.3, -0.25) is 13.9 Å². The van der Waals surface area contributed by atoms with Crippen LogP contribution in [0.4, 0.5) is 5.69 Å². The predicted octanol–water partition coefficient (Wildman–Crippen LogP) is 5.01. The third-order valence-corrected chi connectivity index (χ3v) is 8.12. The fraction of sp³-hybridized carbons (Fsp3) is 0.200. The molecule has 2 amide bonds. The van der Waals surface area contributed by atoms with Gasteiger partial charge in [-0.25, -0.2) is 8.42 Å². The first-order chi connectivity index (χ1) is 17.0. The fourth-order valence-electron chi connectivity index (χ4n) is 3.48. The van der Waals surface area contributed by atoms with E-state index in [-0.39, 0.29) is 17.1 Å². The summed E-state index contributed by atoms with van der Waals surface area (Å²) in [6.45, 7) is 0.952. The van der Waals surface area contributed by atoms with Crippen LogP contribution >= 0.6 is 34.8 Å². The van der Waals surface area contributed by atoms with Gasteiger partial charge in [0.25, 0.3) is 10.0 Å². The lowest BCUT2D eigenvalue weighted by Crippen LogP contribution is -2.50. The van der Waals surface area contributed by atoms with Crippen LogP contribution in [0.25, 0.3) is 0 Å². The van der Waals surface area contributed by atoms with Crippen molar-refractivity contribution >= 4 is 62.3 Å². The van der Waals surface area contributed by atoms with E-state index in [4.69, 9.17) is 34.8 Å². The van der Waals surface area contributed by atoms with Gasteiger partial charge in [-0.1, -0.05) is 59.1 Å². The van der Waals surface area contributed by atoms with Crippen molar-refractivity contribution in [2.75, 3.05) is 17.9 Å². The van der Waals surface area contributed by atoms with Gasteiger partial charge in [-0.15, -0.1) is 0 Å². The number of likely N-dealkylation sites (N-methyl/N-ethyl adjacent to an activating group) is 1. The van der Waals surface area contributed by atoms with Crippen molar-refractivity contribution in [1.29, 1.82) is 0 Å². The molecule has 190 valence electrons. The summed E-state index contributed by atoms with van der Waals surface area (Å²) in [4.78, 5) is 27.4. The minimum Gasteiger partial charge on any atom is -0.357 e. The Morgan fingerprint density at radius 1 is 0.917 bits per heavy atom. The highest BCUT2D eigenvalue weighted by molar-refractivity contribution is 7.92. The van der Waals surface area contributed by atoms with Gasteiger partial charge >= 0.3 is 0 Å². The molecule has 3 rings (SSSR count). The molecule has 0 saturated heterocycles. The summed E-state index contributed by atoms with van der Waals surface area (Å²) in [5, 5.41) is 3.67. The van der Waals surface area contributed by atoms with Gasteiger partial charge in [0, 0.05) is 28.7 Å². The molecule has 0 unspecified atom stereocenters. The van der Waals surface area contributed by atoms with Gasteiger partial charge in [0.05, 0.1) is 10.6 Å². The average Bonchev–Trinajstić information content (AvgIpc) is 2.87. The number of carbonyl (C=O) groups excluding carboxylic acids is 2. The highest BCUT2D eigenvalue weighted by atomic mass is 35.5. The first-order valence-corrected chi connectivity index (χ1v) is 13.4. The van der Waals surface area contributed by atoms with Crippen LogP contribution in [0.1, 0.15) is 12.5 Å². The molecule has 7 nitrogen and oxygen atoms in total. The number of hydrogen-bond donors (Lipinski definition) is 1. The lowest BCUT2D eigenvalue weighted by molar-refractivity contribution is -0.139. The molecular weight excluding hydrogens is 545 g/mol. The minimum atomic E-state index is -4.14. The van der Waals surface area contributed by atoms with E-state index in [0.29, 0.717) is 20.6 Å². The Morgan fingerprint density at radius 3 is 2.11 bits per heavy atom. The molecule has 0 saturated carbocycles. The number of halogens is 3. The van der Waals surface area contributed by atoms with Gasteiger partial charge in [0.15, 0.2) is 0 Å². The maximum atomic E-state index is 13.7. The number of nitrogens with zero attached hydrogens (tertiary/aromatic N) is 2. The Bertz CT molecular complexity index is 1340. The second-order valence-electron chi connectivity index (χ2n) is 7.85. The van der Waals surface area contributed by atoms with Crippen molar-refractivity contribution in [2.24, 2.45) is 0 Å². The number of carbonyl (C=O) groups is 2. The Labute approximate surface area is 225 Å². The van der Waals surface area contributed by atoms with Crippen molar-refractivity contribution < 1.29 is 18.0 Å². The normalized spacial score (nSPS) is 12.0. The van der Waals surface area contributed by atoms with E-state index in [1.165, 1.54) is 54.4 Å². The van der Waals surface area contributed by atoms with Crippen LogP contribution < -0.4 is 9.62 Å². The molecule has 0 aliphatic rings. The van der Waals surface area contributed by atoms with Crippen LogP contribution in [-0.4, -0.2) is 44.8 Å². The van der Waals surface area contributed by atoms with E-state index in [2.05, 4.69) is 5.32 Å². The number of anilines is 1. The molecular formula is C25H24Cl3N3O4S. The molecule has 0 spiro atoms. The summed E-state index contributed by atoms with van der Waals surface area (Å²) in [6, 6.07) is 17.8. The summed E-state index contributed by atoms with van der Waals surface area (Å²) in [5.74, 6) is -1.02. The maximum Gasteiger partial charge on any atom is 0.264 e. The predicted molar refractivity (Wildman–Crippen MR) is 143 cm³/mol. The van der Waals surface area contributed by atoms with E-state index < -0.39 is 34.4 Å². The van der Waals surface area contributed by atoms with Gasteiger partial charge in [-0.05, 0) is 61.0 Å². The molecule has 0 aliphatic heterocycles. The molecule has 0 bridgehead atoms. The van der Waals surface area contributed by atoms with Crippen molar-refractivity contribution in [3.8, 4) is 0 Å². The molecule has 0 heterocycles. The van der Waals surface area contributed by atoms with Gasteiger partial charge in [0.2, 0.25) is 11.8 Å². The van der Waals surface area contributed by atoms with Gasteiger partial charge < -0.3 is 10.2 Å². The molecule has 1 N–H and O–H groups in total. The molecule has 1 atom stereocenters. The fourth-order valence-corrected chi connectivity index (χ4v) is 5.51. The zero-order valence-electron chi connectivity index (χ0n) is 19.5.